The molecule has 0 aliphatic carbocycles. The Labute approximate surface area is 101 Å². The Morgan fingerprint density at radius 1 is 1.28 bits per heavy atom. The maximum atomic E-state index is 13.3. The summed E-state index contributed by atoms with van der Waals surface area (Å²) < 4.78 is 74.1. The number of hydrogen-bond donors (Lipinski definition) is 1. The van der Waals surface area contributed by atoms with Crippen LogP contribution in [0.5, 0.6) is 0 Å². The lowest BCUT2D eigenvalue weighted by molar-refractivity contribution is 0.126. The zero-order valence-corrected chi connectivity index (χ0v) is 10.0. The van der Waals surface area contributed by atoms with Gasteiger partial charge in [-0.1, -0.05) is 0 Å². The van der Waals surface area contributed by atoms with Crippen LogP contribution in [0.1, 0.15) is 0 Å². The molecule has 0 saturated heterocycles. The van der Waals surface area contributed by atoms with Crippen molar-refractivity contribution in [3.63, 3.8) is 0 Å². The molecule has 102 valence electrons. The van der Waals surface area contributed by atoms with Crippen molar-refractivity contribution >= 4 is 15.7 Å². The van der Waals surface area contributed by atoms with Gasteiger partial charge in [0.15, 0.2) is 0 Å². The highest BCUT2D eigenvalue weighted by atomic mass is 32.2. The molecule has 0 bridgehead atoms. The average Bonchev–Trinajstić information content (AvgIpc) is 2.22. The van der Waals surface area contributed by atoms with E-state index in [2.05, 4.69) is 0 Å². The summed E-state index contributed by atoms with van der Waals surface area (Å²) in [6.45, 7) is -1.10. The Kier molecular flexibility index (Phi) is 4.17. The fraction of sp³-hybridized carbons (Fsp3) is 0.333. The van der Waals surface area contributed by atoms with E-state index in [0.717, 1.165) is 7.05 Å². The van der Waals surface area contributed by atoms with Crippen molar-refractivity contribution in [3.8, 4) is 0 Å². The molecule has 0 aromatic heterocycles. The van der Waals surface area contributed by atoms with Crippen molar-refractivity contribution in [1.82, 2.24) is 4.31 Å². The van der Waals surface area contributed by atoms with Gasteiger partial charge in [-0.05, 0) is 6.07 Å². The zero-order valence-electron chi connectivity index (χ0n) is 9.20. The van der Waals surface area contributed by atoms with Gasteiger partial charge in [0.05, 0.1) is 12.2 Å². The van der Waals surface area contributed by atoms with Gasteiger partial charge in [0.1, 0.15) is 16.5 Å². The molecule has 0 aliphatic rings. The molecule has 1 aromatic carbocycles. The predicted molar refractivity (Wildman–Crippen MR) is 56.6 cm³/mol. The van der Waals surface area contributed by atoms with Crippen LogP contribution in [0.15, 0.2) is 17.0 Å². The molecular weight excluding hydrogens is 276 g/mol. The van der Waals surface area contributed by atoms with Crippen LogP contribution in [-0.2, 0) is 10.0 Å². The molecule has 18 heavy (non-hydrogen) atoms. The monoisotopic (exact) mass is 286 g/mol. The van der Waals surface area contributed by atoms with Crippen molar-refractivity contribution in [2.45, 2.75) is 11.3 Å². The molecule has 0 fully saturated rings. The largest absolute Gasteiger partial charge is 0.396 e. The van der Waals surface area contributed by atoms with E-state index in [-0.39, 0.29) is 4.31 Å². The van der Waals surface area contributed by atoms with Gasteiger partial charge in [-0.2, -0.15) is 4.31 Å². The SMILES string of the molecule is CN(CC(F)F)S(=O)(=O)c1cc(N)c(F)cc1F. The maximum Gasteiger partial charge on any atom is 0.252 e. The lowest BCUT2D eigenvalue weighted by atomic mass is 10.3. The van der Waals surface area contributed by atoms with Crippen LogP contribution in [0.2, 0.25) is 0 Å². The third-order valence-electron chi connectivity index (χ3n) is 2.13. The fourth-order valence-electron chi connectivity index (χ4n) is 1.20. The first-order valence-corrected chi connectivity index (χ1v) is 6.09. The quantitative estimate of drug-likeness (QED) is 0.673. The Morgan fingerprint density at radius 2 is 1.83 bits per heavy atom. The number of hydrogen-bond acceptors (Lipinski definition) is 3. The minimum absolute atomic E-state index is 0.271. The second kappa shape index (κ2) is 5.11. The molecule has 0 radical (unpaired) electrons. The highest BCUT2D eigenvalue weighted by molar-refractivity contribution is 7.89. The van der Waals surface area contributed by atoms with E-state index in [1.54, 1.807) is 0 Å². The van der Waals surface area contributed by atoms with E-state index in [1.165, 1.54) is 0 Å². The van der Waals surface area contributed by atoms with Crippen molar-refractivity contribution in [3.05, 3.63) is 23.8 Å². The topological polar surface area (TPSA) is 63.4 Å². The Balaban J connectivity index is 3.24. The van der Waals surface area contributed by atoms with Crippen molar-refractivity contribution in [2.24, 2.45) is 0 Å². The van der Waals surface area contributed by atoms with Gasteiger partial charge in [-0.25, -0.2) is 26.0 Å². The minimum Gasteiger partial charge on any atom is -0.396 e. The molecule has 0 aliphatic heterocycles. The van der Waals surface area contributed by atoms with Crippen molar-refractivity contribution < 1.29 is 26.0 Å². The summed E-state index contributed by atoms with van der Waals surface area (Å²) in [6, 6.07) is 0.848. The molecular formula is C9H10F4N2O2S. The fourth-order valence-corrected chi connectivity index (χ4v) is 2.43. The molecule has 1 rings (SSSR count). The maximum absolute atomic E-state index is 13.3. The first-order chi connectivity index (χ1) is 8.16. The van der Waals surface area contributed by atoms with Gasteiger partial charge >= 0.3 is 0 Å². The lowest BCUT2D eigenvalue weighted by Gasteiger charge is -2.17. The van der Waals surface area contributed by atoms with E-state index in [1.807, 2.05) is 0 Å². The van der Waals surface area contributed by atoms with E-state index in [0.29, 0.717) is 12.1 Å². The Bertz CT molecular complexity index is 548. The number of nitrogens with zero attached hydrogens (tertiary/aromatic N) is 1. The van der Waals surface area contributed by atoms with E-state index < -0.39 is 45.2 Å². The number of alkyl halides is 2. The van der Waals surface area contributed by atoms with Gasteiger partial charge < -0.3 is 5.73 Å². The van der Waals surface area contributed by atoms with Gasteiger partial charge in [-0.3, -0.25) is 0 Å². The highest BCUT2D eigenvalue weighted by Crippen LogP contribution is 2.23. The smallest absolute Gasteiger partial charge is 0.252 e. The van der Waals surface area contributed by atoms with Gasteiger partial charge in [0.2, 0.25) is 10.0 Å². The molecule has 0 saturated carbocycles. The molecule has 0 heterocycles. The average molecular weight is 286 g/mol. The first-order valence-electron chi connectivity index (χ1n) is 4.65. The summed E-state index contributed by atoms with van der Waals surface area (Å²) in [5, 5.41) is 0. The van der Waals surface area contributed by atoms with E-state index in [4.69, 9.17) is 5.73 Å². The molecule has 1 aromatic rings. The van der Waals surface area contributed by atoms with Crippen LogP contribution in [0, 0.1) is 11.6 Å². The lowest BCUT2D eigenvalue weighted by Crippen LogP contribution is -2.32. The standard InChI is InChI=1S/C9H10F4N2O2S/c1-15(4-9(12)13)18(16,17)8-3-7(14)5(10)2-6(8)11/h2-3,9H,4,14H2,1H3. The van der Waals surface area contributed by atoms with Crippen molar-refractivity contribution in [2.75, 3.05) is 19.3 Å². The number of benzene rings is 1. The van der Waals surface area contributed by atoms with Gasteiger partial charge in [-0.15, -0.1) is 0 Å². The highest BCUT2D eigenvalue weighted by Gasteiger charge is 2.27. The van der Waals surface area contributed by atoms with Gasteiger partial charge in [0, 0.05) is 13.1 Å². The summed E-state index contributed by atoms with van der Waals surface area (Å²) in [5.74, 6) is -2.51. The number of rotatable bonds is 4. The molecule has 0 amide bonds. The second-order valence-corrected chi connectivity index (χ2v) is 5.49. The van der Waals surface area contributed by atoms with Crippen LogP contribution in [0.4, 0.5) is 23.2 Å². The molecule has 0 spiro atoms. The predicted octanol–water partition coefficient (Wildman–Crippen LogP) is 1.43. The van der Waals surface area contributed by atoms with Crippen LogP contribution in [0.3, 0.4) is 0 Å². The third-order valence-corrected chi connectivity index (χ3v) is 3.97. The van der Waals surface area contributed by atoms with Crippen LogP contribution in [0.25, 0.3) is 0 Å². The van der Waals surface area contributed by atoms with Crippen LogP contribution < -0.4 is 5.73 Å². The van der Waals surface area contributed by atoms with Gasteiger partial charge in [0.25, 0.3) is 6.43 Å². The normalized spacial score (nSPS) is 12.4. The zero-order chi connectivity index (χ0) is 14.1. The molecule has 4 nitrogen and oxygen atoms in total. The van der Waals surface area contributed by atoms with Crippen LogP contribution in [-0.4, -0.2) is 32.7 Å². The number of nitrogen functional groups attached to an aromatic ring is 1. The molecule has 2 N–H and O–H groups in total. The number of anilines is 1. The molecule has 9 heteroatoms. The minimum atomic E-state index is -4.47. The number of nitrogens with two attached hydrogens (primary N) is 1. The molecule has 0 atom stereocenters. The second-order valence-electron chi connectivity index (χ2n) is 3.48. The van der Waals surface area contributed by atoms with Crippen molar-refractivity contribution in [1.29, 1.82) is 0 Å². The first kappa shape index (κ1) is 14.7. The number of halogens is 4. The summed E-state index contributed by atoms with van der Waals surface area (Å²) >= 11 is 0. The summed E-state index contributed by atoms with van der Waals surface area (Å²) in [7, 11) is -3.61. The third kappa shape index (κ3) is 2.91. The molecule has 0 unspecified atom stereocenters. The Morgan fingerprint density at radius 3 is 2.33 bits per heavy atom. The van der Waals surface area contributed by atoms with E-state index in [9.17, 15) is 26.0 Å². The summed E-state index contributed by atoms with van der Waals surface area (Å²) in [5.41, 5.74) is 4.53. The summed E-state index contributed by atoms with van der Waals surface area (Å²) in [4.78, 5) is -0.940. The van der Waals surface area contributed by atoms with E-state index >= 15 is 0 Å². The summed E-state index contributed by atoms with van der Waals surface area (Å²) in [6.07, 6.45) is -2.91. The van der Waals surface area contributed by atoms with Crippen LogP contribution >= 0.6 is 0 Å². The number of sulfonamides is 1. The Hall–Kier alpha value is -1.35.